The average Bonchev–Trinajstić information content (AvgIpc) is 3.47. The van der Waals surface area contributed by atoms with Gasteiger partial charge in [0.15, 0.2) is 5.76 Å². The summed E-state index contributed by atoms with van der Waals surface area (Å²) >= 11 is 1.28. The Morgan fingerprint density at radius 3 is 2.50 bits per heavy atom. The van der Waals surface area contributed by atoms with Crippen molar-refractivity contribution in [3.63, 3.8) is 0 Å². The molecule has 1 aliphatic heterocycles. The third kappa shape index (κ3) is 4.72. The van der Waals surface area contributed by atoms with Crippen LogP contribution < -0.4 is 10.1 Å². The maximum Gasteiger partial charge on any atom is 0.291 e. The molecule has 1 saturated heterocycles. The first kappa shape index (κ1) is 20.2. The zero-order chi connectivity index (χ0) is 20.9. The molecule has 1 N–H and O–H groups in total. The lowest BCUT2D eigenvalue weighted by Gasteiger charge is -2.34. The van der Waals surface area contributed by atoms with Crippen molar-refractivity contribution in [1.82, 2.24) is 9.80 Å². The average molecular weight is 426 g/mol. The van der Waals surface area contributed by atoms with Gasteiger partial charge in [-0.05, 0) is 42.0 Å². The van der Waals surface area contributed by atoms with Crippen LogP contribution in [-0.4, -0.2) is 54.9 Å². The lowest BCUT2D eigenvalue weighted by Crippen LogP contribution is -2.48. The predicted molar refractivity (Wildman–Crippen MR) is 115 cm³/mol. The maximum atomic E-state index is 12.8. The Kier molecular flexibility index (Phi) is 6.15. The van der Waals surface area contributed by atoms with Gasteiger partial charge in [0.25, 0.3) is 11.8 Å². The van der Waals surface area contributed by atoms with Gasteiger partial charge in [-0.3, -0.25) is 14.5 Å². The van der Waals surface area contributed by atoms with Crippen LogP contribution in [0, 0.1) is 0 Å². The van der Waals surface area contributed by atoms with E-state index >= 15 is 0 Å². The van der Waals surface area contributed by atoms with E-state index < -0.39 is 0 Å². The first-order valence-electron chi connectivity index (χ1n) is 9.71. The smallest absolute Gasteiger partial charge is 0.291 e. The van der Waals surface area contributed by atoms with Crippen molar-refractivity contribution in [2.45, 2.75) is 6.54 Å². The van der Waals surface area contributed by atoms with E-state index in [1.54, 1.807) is 31.4 Å². The number of carbonyl (C=O) groups excluding carboxylic acids is 2. The van der Waals surface area contributed by atoms with Crippen LogP contribution in [0.25, 0.3) is 0 Å². The van der Waals surface area contributed by atoms with Crippen molar-refractivity contribution in [3.05, 3.63) is 71.0 Å². The van der Waals surface area contributed by atoms with Crippen molar-refractivity contribution >= 4 is 28.2 Å². The van der Waals surface area contributed by atoms with Crippen molar-refractivity contribution in [3.8, 4) is 5.75 Å². The molecule has 0 bridgehead atoms. The Labute approximate surface area is 178 Å². The van der Waals surface area contributed by atoms with E-state index in [0.29, 0.717) is 23.0 Å². The summed E-state index contributed by atoms with van der Waals surface area (Å²) in [6.07, 6.45) is 1.45. The second kappa shape index (κ2) is 9.15. The first-order chi connectivity index (χ1) is 14.6. The highest BCUT2D eigenvalue weighted by molar-refractivity contribution is 7.18. The van der Waals surface area contributed by atoms with Gasteiger partial charge >= 0.3 is 0 Å². The van der Waals surface area contributed by atoms with E-state index in [4.69, 9.17) is 9.15 Å². The molecule has 4 rings (SSSR count). The Balaban J connectivity index is 1.29. The molecule has 0 atom stereocenters. The Morgan fingerprint density at radius 1 is 1.07 bits per heavy atom. The van der Waals surface area contributed by atoms with Gasteiger partial charge in [-0.1, -0.05) is 12.1 Å². The van der Waals surface area contributed by atoms with Crippen molar-refractivity contribution < 1.29 is 18.7 Å². The summed E-state index contributed by atoms with van der Waals surface area (Å²) in [5.41, 5.74) is 1.23. The zero-order valence-electron chi connectivity index (χ0n) is 16.7. The molecule has 0 spiro atoms. The van der Waals surface area contributed by atoms with E-state index in [9.17, 15) is 9.59 Å². The highest BCUT2D eigenvalue weighted by atomic mass is 32.1. The van der Waals surface area contributed by atoms with Crippen LogP contribution in [0.2, 0.25) is 0 Å². The molecule has 0 aliphatic carbocycles. The van der Waals surface area contributed by atoms with Gasteiger partial charge in [-0.15, -0.1) is 11.3 Å². The molecule has 2 amide bonds. The molecular weight excluding hydrogens is 402 g/mol. The zero-order valence-corrected chi connectivity index (χ0v) is 17.5. The summed E-state index contributed by atoms with van der Waals surface area (Å²) < 4.78 is 10.3. The van der Waals surface area contributed by atoms with Gasteiger partial charge in [-0.2, -0.15) is 0 Å². The standard InChI is InChI=1S/C22H23N3O4S/c1-28-17-6-4-16(5-7-17)15-24-10-12-25(13-11-24)22(27)19-8-9-20(30-19)23-21(26)18-3-2-14-29-18/h2-9,14H,10-13,15H2,1H3,(H,23,26). The van der Waals surface area contributed by atoms with E-state index in [0.717, 1.165) is 25.4 Å². The minimum absolute atomic E-state index is 0.00240. The molecule has 3 aromatic rings. The van der Waals surface area contributed by atoms with Crippen LogP contribution in [0.1, 0.15) is 25.8 Å². The van der Waals surface area contributed by atoms with Crippen LogP contribution in [0.4, 0.5) is 5.00 Å². The Bertz CT molecular complexity index is 990. The van der Waals surface area contributed by atoms with Gasteiger partial charge in [0.2, 0.25) is 0 Å². The maximum absolute atomic E-state index is 12.8. The van der Waals surface area contributed by atoms with Crippen LogP contribution in [0.15, 0.2) is 59.2 Å². The normalized spacial score (nSPS) is 14.5. The van der Waals surface area contributed by atoms with E-state index in [1.165, 1.54) is 23.2 Å². The number of furan rings is 1. The number of methoxy groups -OCH3 is 1. The van der Waals surface area contributed by atoms with Crippen LogP contribution in [0.3, 0.4) is 0 Å². The summed E-state index contributed by atoms with van der Waals surface area (Å²) in [6.45, 7) is 3.87. The number of benzene rings is 1. The molecule has 1 aromatic carbocycles. The van der Waals surface area contributed by atoms with Gasteiger partial charge in [0.05, 0.1) is 23.3 Å². The van der Waals surface area contributed by atoms with E-state index in [-0.39, 0.29) is 17.6 Å². The molecule has 3 heterocycles. The number of thiophene rings is 1. The predicted octanol–water partition coefficient (Wildman–Crippen LogP) is 3.56. The third-order valence-corrected chi connectivity index (χ3v) is 6.01. The molecule has 1 aliphatic rings. The van der Waals surface area contributed by atoms with Gasteiger partial charge in [-0.25, -0.2) is 0 Å². The highest BCUT2D eigenvalue weighted by Gasteiger charge is 2.23. The molecular formula is C22H23N3O4S. The lowest BCUT2D eigenvalue weighted by molar-refractivity contribution is 0.0633. The summed E-state index contributed by atoms with van der Waals surface area (Å²) in [7, 11) is 1.66. The monoisotopic (exact) mass is 425 g/mol. The number of hydrogen-bond donors (Lipinski definition) is 1. The quantitative estimate of drug-likeness (QED) is 0.654. The fourth-order valence-electron chi connectivity index (χ4n) is 3.36. The summed E-state index contributed by atoms with van der Waals surface area (Å²) in [6, 6.07) is 14.8. The van der Waals surface area contributed by atoms with E-state index in [2.05, 4.69) is 22.3 Å². The van der Waals surface area contributed by atoms with Crippen molar-refractivity contribution in [1.29, 1.82) is 0 Å². The minimum atomic E-state index is -0.326. The largest absolute Gasteiger partial charge is 0.497 e. The fourth-order valence-corrected chi connectivity index (χ4v) is 4.22. The summed E-state index contributed by atoms with van der Waals surface area (Å²) in [5.74, 6) is 0.768. The number of ether oxygens (including phenoxy) is 1. The number of rotatable bonds is 6. The number of anilines is 1. The second-order valence-electron chi connectivity index (χ2n) is 7.01. The van der Waals surface area contributed by atoms with E-state index in [1.807, 2.05) is 17.0 Å². The fraction of sp³-hybridized carbons (Fsp3) is 0.273. The van der Waals surface area contributed by atoms with Crippen molar-refractivity contribution in [2.75, 3.05) is 38.6 Å². The van der Waals surface area contributed by atoms with Crippen LogP contribution >= 0.6 is 11.3 Å². The van der Waals surface area contributed by atoms with Crippen molar-refractivity contribution in [2.24, 2.45) is 0 Å². The first-order valence-corrected chi connectivity index (χ1v) is 10.5. The molecule has 0 unspecified atom stereocenters. The number of nitrogens with zero attached hydrogens (tertiary/aromatic N) is 2. The third-order valence-electron chi connectivity index (χ3n) is 5.02. The lowest BCUT2D eigenvalue weighted by atomic mass is 10.2. The molecule has 156 valence electrons. The number of amides is 2. The molecule has 0 radical (unpaired) electrons. The van der Waals surface area contributed by atoms with Crippen LogP contribution in [-0.2, 0) is 6.54 Å². The topological polar surface area (TPSA) is 75.0 Å². The highest BCUT2D eigenvalue weighted by Crippen LogP contribution is 2.24. The van der Waals surface area contributed by atoms with Gasteiger partial charge in [0.1, 0.15) is 5.75 Å². The molecule has 8 heteroatoms. The number of hydrogen-bond acceptors (Lipinski definition) is 6. The molecule has 7 nitrogen and oxygen atoms in total. The number of piperazine rings is 1. The Morgan fingerprint density at radius 2 is 1.83 bits per heavy atom. The molecule has 2 aromatic heterocycles. The SMILES string of the molecule is COc1ccc(CN2CCN(C(=O)c3ccc(NC(=O)c4ccco4)s3)CC2)cc1. The Hall–Kier alpha value is -3.10. The number of nitrogens with one attached hydrogen (secondary N) is 1. The second-order valence-corrected chi connectivity index (χ2v) is 8.10. The molecule has 1 fully saturated rings. The minimum Gasteiger partial charge on any atom is -0.497 e. The number of carbonyl (C=O) groups is 2. The van der Waals surface area contributed by atoms with Crippen LogP contribution in [0.5, 0.6) is 5.75 Å². The molecule has 30 heavy (non-hydrogen) atoms. The summed E-state index contributed by atoms with van der Waals surface area (Å²) in [5, 5.41) is 3.39. The van der Waals surface area contributed by atoms with Gasteiger partial charge < -0.3 is 19.4 Å². The molecule has 0 saturated carbocycles. The summed E-state index contributed by atoms with van der Waals surface area (Å²) in [4.78, 5) is 29.7. The van der Waals surface area contributed by atoms with Gasteiger partial charge in [0, 0.05) is 32.7 Å².